The SMILES string of the molecule is CC(=O)c1c(C)nc(C)nc1SCc1ccc(C(N)=O)cc1. The van der Waals surface area contributed by atoms with Gasteiger partial charge < -0.3 is 5.73 Å². The van der Waals surface area contributed by atoms with Crippen molar-refractivity contribution in [3.8, 4) is 0 Å². The number of thioether (sulfide) groups is 1. The quantitative estimate of drug-likeness (QED) is 0.521. The topological polar surface area (TPSA) is 85.9 Å². The molecule has 0 aliphatic rings. The third kappa shape index (κ3) is 3.71. The van der Waals surface area contributed by atoms with Gasteiger partial charge in [-0.1, -0.05) is 12.1 Å². The second-order valence-corrected chi connectivity index (χ2v) is 5.91. The number of hydrogen-bond acceptors (Lipinski definition) is 5. The zero-order valence-electron chi connectivity index (χ0n) is 12.7. The minimum absolute atomic E-state index is 0.0379. The number of nitrogens with zero attached hydrogens (tertiary/aromatic N) is 2. The van der Waals surface area contributed by atoms with E-state index in [-0.39, 0.29) is 5.78 Å². The molecular formula is C16H17N3O2S. The molecule has 114 valence electrons. The number of carbonyl (C=O) groups is 2. The molecule has 1 aromatic carbocycles. The molecule has 2 aromatic rings. The second-order valence-electron chi connectivity index (χ2n) is 4.94. The Balaban J connectivity index is 2.21. The average Bonchev–Trinajstić information content (AvgIpc) is 2.44. The van der Waals surface area contributed by atoms with Crippen molar-refractivity contribution in [2.75, 3.05) is 0 Å². The first kappa shape index (κ1) is 16.2. The van der Waals surface area contributed by atoms with Crippen LogP contribution in [0.15, 0.2) is 29.3 Å². The van der Waals surface area contributed by atoms with Gasteiger partial charge in [0.2, 0.25) is 5.91 Å². The fourth-order valence-electron chi connectivity index (χ4n) is 2.11. The number of aryl methyl sites for hydroxylation is 2. The monoisotopic (exact) mass is 315 g/mol. The van der Waals surface area contributed by atoms with Crippen LogP contribution in [0.5, 0.6) is 0 Å². The van der Waals surface area contributed by atoms with Crippen molar-refractivity contribution in [1.29, 1.82) is 0 Å². The molecule has 0 spiro atoms. The van der Waals surface area contributed by atoms with Crippen molar-refractivity contribution in [1.82, 2.24) is 9.97 Å². The Hall–Kier alpha value is -2.21. The molecule has 0 aliphatic heterocycles. The van der Waals surface area contributed by atoms with Gasteiger partial charge in [-0.25, -0.2) is 9.97 Å². The van der Waals surface area contributed by atoms with Crippen LogP contribution in [-0.2, 0) is 5.75 Å². The van der Waals surface area contributed by atoms with E-state index in [2.05, 4.69) is 9.97 Å². The molecule has 0 radical (unpaired) electrons. The lowest BCUT2D eigenvalue weighted by Gasteiger charge is -2.09. The maximum atomic E-state index is 11.8. The summed E-state index contributed by atoms with van der Waals surface area (Å²) in [6.07, 6.45) is 0. The largest absolute Gasteiger partial charge is 0.366 e. The fraction of sp³-hybridized carbons (Fsp3) is 0.250. The number of nitrogens with two attached hydrogens (primary N) is 1. The second kappa shape index (κ2) is 6.70. The standard InChI is InChI=1S/C16H17N3O2S/c1-9-14(10(2)20)16(19-11(3)18-9)22-8-12-4-6-13(7-5-12)15(17)21/h4-7H,8H2,1-3H3,(H2,17,21). The van der Waals surface area contributed by atoms with Gasteiger partial charge in [0.25, 0.3) is 0 Å². The first-order valence-electron chi connectivity index (χ1n) is 6.76. The maximum Gasteiger partial charge on any atom is 0.248 e. The third-order valence-corrected chi connectivity index (χ3v) is 4.18. The predicted molar refractivity (Wildman–Crippen MR) is 86.0 cm³/mol. The van der Waals surface area contributed by atoms with E-state index >= 15 is 0 Å². The van der Waals surface area contributed by atoms with Crippen LogP contribution in [0.3, 0.4) is 0 Å². The number of amides is 1. The highest BCUT2D eigenvalue weighted by Gasteiger charge is 2.15. The van der Waals surface area contributed by atoms with Crippen molar-refractivity contribution < 1.29 is 9.59 Å². The third-order valence-electron chi connectivity index (χ3n) is 3.13. The molecule has 2 N–H and O–H groups in total. The Morgan fingerprint density at radius 3 is 2.32 bits per heavy atom. The minimum Gasteiger partial charge on any atom is -0.366 e. The van der Waals surface area contributed by atoms with Crippen molar-refractivity contribution in [2.24, 2.45) is 5.73 Å². The number of rotatable bonds is 5. The summed E-state index contributed by atoms with van der Waals surface area (Å²) < 4.78 is 0. The van der Waals surface area contributed by atoms with Gasteiger partial charge in [-0.2, -0.15) is 0 Å². The molecule has 1 heterocycles. The number of benzene rings is 1. The van der Waals surface area contributed by atoms with Crippen LogP contribution in [0.4, 0.5) is 0 Å². The van der Waals surface area contributed by atoms with Crippen molar-refractivity contribution in [2.45, 2.75) is 31.6 Å². The lowest BCUT2D eigenvalue weighted by atomic mass is 10.1. The lowest BCUT2D eigenvalue weighted by molar-refractivity contribution is 0.0995. The highest BCUT2D eigenvalue weighted by molar-refractivity contribution is 7.98. The Kier molecular flexibility index (Phi) is 4.92. The Bertz CT molecular complexity index is 727. The van der Waals surface area contributed by atoms with E-state index in [4.69, 9.17) is 5.73 Å². The first-order valence-corrected chi connectivity index (χ1v) is 7.74. The molecule has 0 unspecified atom stereocenters. The molecule has 5 nitrogen and oxygen atoms in total. The van der Waals surface area contributed by atoms with Crippen LogP contribution in [0.1, 0.15) is 44.7 Å². The van der Waals surface area contributed by atoms with E-state index in [9.17, 15) is 9.59 Å². The van der Waals surface area contributed by atoms with Gasteiger partial charge in [0, 0.05) is 11.3 Å². The summed E-state index contributed by atoms with van der Waals surface area (Å²) in [5.41, 5.74) is 8.00. The summed E-state index contributed by atoms with van der Waals surface area (Å²) in [5.74, 6) is 0.813. The Morgan fingerprint density at radius 1 is 1.14 bits per heavy atom. The van der Waals surface area contributed by atoms with E-state index in [1.165, 1.54) is 18.7 Å². The number of hydrogen-bond donors (Lipinski definition) is 1. The summed E-state index contributed by atoms with van der Waals surface area (Å²) in [6, 6.07) is 7.09. The van der Waals surface area contributed by atoms with Gasteiger partial charge in [-0.15, -0.1) is 11.8 Å². The molecule has 2 rings (SSSR count). The Morgan fingerprint density at radius 2 is 1.77 bits per heavy atom. The number of aromatic nitrogens is 2. The first-order chi connectivity index (χ1) is 10.4. The highest BCUT2D eigenvalue weighted by atomic mass is 32.2. The zero-order chi connectivity index (χ0) is 16.3. The molecule has 0 saturated heterocycles. The number of ketones is 1. The van der Waals surface area contributed by atoms with Crippen LogP contribution in [-0.4, -0.2) is 21.7 Å². The number of Topliss-reactive ketones (excluding diaryl/α,β-unsaturated/α-hetero) is 1. The van der Waals surface area contributed by atoms with Gasteiger partial charge in [-0.05, 0) is 38.5 Å². The lowest BCUT2D eigenvalue weighted by Crippen LogP contribution is -2.10. The van der Waals surface area contributed by atoms with Crippen molar-refractivity contribution in [3.05, 3.63) is 52.5 Å². The predicted octanol–water partition coefficient (Wildman–Crippen LogP) is 2.69. The molecule has 0 aliphatic carbocycles. The normalized spacial score (nSPS) is 10.5. The van der Waals surface area contributed by atoms with E-state index in [0.717, 1.165) is 5.56 Å². The van der Waals surface area contributed by atoms with E-state index in [0.29, 0.717) is 33.4 Å². The fourth-order valence-corrected chi connectivity index (χ4v) is 3.24. The van der Waals surface area contributed by atoms with Crippen LogP contribution in [0, 0.1) is 13.8 Å². The smallest absolute Gasteiger partial charge is 0.248 e. The number of primary amides is 1. The summed E-state index contributed by atoms with van der Waals surface area (Å²) in [6.45, 7) is 5.15. The molecule has 0 fully saturated rings. The van der Waals surface area contributed by atoms with Crippen LogP contribution >= 0.6 is 11.8 Å². The molecule has 0 bridgehead atoms. The molecule has 0 saturated carbocycles. The average molecular weight is 315 g/mol. The van der Waals surface area contributed by atoms with Crippen LogP contribution < -0.4 is 5.73 Å². The summed E-state index contributed by atoms with van der Waals surface area (Å²) >= 11 is 1.48. The van der Waals surface area contributed by atoms with Crippen molar-refractivity contribution >= 4 is 23.5 Å². The summed E-state index contributed by atoms with van der Waals surface area (Å²) in [5, 5.41) is 0.691. The molecule has 1 amide bonds. The van der Waals surface area contributed by atoms with E-state index in [1.807, 2.05) is 26.0 Å². The summed E-state index contributed by atoms with van der Waals surface area (Å²) in [4.78, 5) is 31.5. The minimum atomic E-state index is -0.444. The van der Waals surface area contributed by atoms with E-state index < -0.39 is 5.91 Å². The van der Waals surface area contributed by atoms with Gasteiger partial charge in [0.15, 0.2) is 5.78 Å². The van der Waals surface area contributed by atoms with Gasteiger partial charge in [-0.3, -0.25) is 9.59 Å². The van der Waals surface area contributed by atoms with Crippen LogP contribution in [0.25, 0.3) is 0 Å². The van der Waals surface area contributed by atoms with Crippen molar-refractivity contribution in [3.63, 3.8) is 0 Å². The van der Waals surface area contributed by atoms with Gasteiger partial charge >= 0.3 is 0 Å². The zero-order valence-corrected chi connectivity index (χ0v) is 13.5. The molecule has 6 heteroatoms. The Labute approximate surface area is 133 Å². The number of carbonyl (C=O) groups excluding carboxylic acids is 2. The molecular weight excluding hydrogens is 298 g/mol. The van der Waals surface area contributed by atoms with Gasteiger partial charge in [0.1, 0.15) is 10.9 Å². The molecule has 0 atom stereocenters. The van der Waals surface area contributed by atoms with E-state index in [1.54, 1.807) is 12.1 Å². The molecule has 22 heavy (non-hydrogen) atoms. The molecule has 1 aromatic heterocycles. The summed E-state index contributed by atoms with van der Waals surface area (Å²) in [7, 11) is 0. The maximum absolute atomic E-state index is 11.8. The highest BCUT2D eigenvalue weighted by Crippen LogP contribution is 2.26. The van der Waals surface area contributed by atoms with Gasteiger partial charge in [0.05, 0.1) is 11.3 Å². The van der Waals surface area contributed by atoms with Crippen LogP contribution in [0.2, 0.25) is 0 Å².